The van der Waals surface area contributed by atoms with Crippen LogP contribution >= 0.6 is 0 Å². The molecule has 6 heteroatoms. The molecule has 0 bridgehead atoms. The highest BCUT2D eigenvalue weighted by atomic mass is 19.1. The summed E-state index contributed by atoms with van der Waals surface area (Å²) in [6, 6.07) is 24.0. The Bertz CT molecular complexity index is 1380. The molecule has 4 nitrogen and oxygen atoms in total. The Morgan fingerprint density at radius 3 is 2.00 bits per heavy atom. The van der Waals surface area contributed by atoms with Crippen LogP contribution < -0.4 is 4.74 Å². The van der Waals surface area contributed by atoms with E-state index in [-0.39, 0.29) is 29.7 Å². The van der Waals surface area contributed by atoms with Crippen LogP contribution in [-0.4, -0.2) is 23.5 Å². The lowest BCUT2D eigenvalue weighted by Crippen LogP contribution is -2.08. The first-order chi connectivity index (χ1) is 17.4. The number of halogens is 2. The summed E-state index contributed by atoms with van der Waals surface area (Å²) in [5.74, 6) is -2.49. The lowest BCUT2D eigenvalue weighted by molar-refractivity contribution is 0.0734. The normalized spacial score (nSPS) is 10.8. The molecule has 0 atom stereocenters. The van der Waals surface area contributed by atoms with Crippen LogP contribution in [0.25, 0.3) is 22.3 Å². The number of alkyl halides is 1. The third-order valence-corrected chi connectivity index (χ3v) is 5.84. The van der Waals surface area contributed by atoms with Crippen LogP contribution in [0.15, 0.2) is 84.9 Å². The van der Waals surface area contributed by atoms with E-state index in [1.165, 1.54) is 29.8 Å². The summed E-state index contributed by atoms with van der Waals surface area (Å²) in [4.78, 5) is 24.6. The van der Waals surface area contributed by atoms with Crippen molar-refractivity contribution < 1.29 is 28.2 Å². The second-order valence-corrected chi connectivity index (χ2v) is 8.40. The van der Waals surface area contributed by atoms with Gasteiger partial charge in [0.25, 0.3) is 0 Å². The van der Waals surface area contributed by atoms with Gasteiger partial charge in [0.05, 0.1) is 17.8 Å². The summed E-state index contributed by atoms with van der Waals surface area (Å²) in [6.45, 7) is 1.36. The molecule has 0 fully saturated rings. The summed E-state index contributed by atoms with van der Waals surface area (Å²) >= 11 is 0. The van der Waals surface area contributed by atoms with Crippen molar-refractivity contribution in [3.8, 4) is 33.8 Å². The minimum Gasteiger partial charge on any atom is -0.504 e. The van der Waals surface area contributed by atoms with E-state index in [2.05, 4.69) is 0 Å². The minimum absolute atomic E-state index is 0.0126. The second-order valence-electron chi connectivity index (χ2n) is 8.40. The third kappa shape index (κ3) is 5.49. The lowest BCUT2D eigenvalue weighted by Gasteiger charge is -2.10. The Balaban J connectivity index is 1.45. The molecule has 0 aliphatic rings. The SMILES string of the molecule is Cc1ccc(-c2ccc(C(=O)Oc3ccc(-c4ccc(C(=O)CCCF)c(O)c4F)cc3)cc2)cc1. The number of hydrogen-bond donors (Lipinski definition) is 1. The van der Waals surface area contributed by atoms with Gasteiger partial charge in [-0.25, -0.2) is 9.18 Å². The van der Waals surface area contributed by atoms with Gasteiger partial charge in [0.2, 0.25) is 0 Å². The maximum Gasteiger partial charge on any atom is 0.343 e. The van der Waals surface area contributed by atoms with Crippen molar-refractivity contribution in [2.75, 3.05) is 6.67 Å². The smallest absolute Gasteiger partial charge is 0.343 e. The van der Waals surface area contributed by atoms with Gasteiger partial charge < -0.3 is 9.84 Å². The first kappa shape index (κ1) is 24.8. The van der Waals surface area contributed by atoms with Crippen LogP contribution in [0.4, 0.5) is 8.78 Å². The summed E-state index contributed by atoms with van der Waals surface area (Å²) < 4.78 is 32.5. The summed E-state index contributed by atoms with van der Waals surface area (Å²) in [6.07, 6.45) is -0.101. The molecule has 0 unspecified atom stereocenters. The summed E-state index contributed by atoms with van der Waals surface area (Å²) in [5.41, 5.74) is 3.92. The van der Waals surface area contributed by atoms with Crippen LogP contribution in [0, 0.1) is 12.7 Å². The zero-order valence-corrected chi connectivity index (χ0v) is 19.6. The van der Waals surface area contributed by atoms with E-state index in [1.807, 2.05) is 43.3 Å². The van der Waals surface area contributed by atoms with Gasteiger partial charge in [0.15, 0.2) is 17.3 Å². The number of Topliss-reactive ketones (excluding diaryl/α,β-unsaturated/α-hetero) is 1. The number of carbonyl (C=O) groups is 2. The zero-order chi connectivity index (χ0) is 25.7. The molecule has 0 saturated carbocycles. The number of phenols is 1. The Morgan fingerprint density at radius 1 is 0.806 bits per heavy atom. The predicted molar refractivity (Wildman–Crippen MR) is 135 cm³/mol. The van der Waals surface area contributed by atoms with Crippen LogP contribution in [-0.2, 0) is 0 Å². The van der Waals surface area contributed by atoms with E-state index in [0.717, 1.165) is 11.1 Å². The molecule has 0 radical (unpaired) electrons. The minimum atomic E-state index is -0.945. The highest BCUT2D eigenvalue weighted by Crippen LogP contribution is 2.33. The number of ketones is 1. The molecule has 0 aromatic heterocycles. The quantitative estimate of drug-likeness (QED) is 0.161. The second kappa shape index (κ2) is 11.0. The van der Waals surface area contributed by atoms with E-state index in [0.29, 0.717) is 11.1 Å². The number of ether oxygens (including phenoxy) is 1. The van der Waals surface area contributed by atoms with Crippen molar-refractivity contribution in [2.24, 2.45) is 0 Å². The number of aryl methyl sites for hydroxylation is 1. The van der Waals surface area contributed by atoms with Crippen molar-refractivity contribution in [2.45, 2.75) is 19.8 Å². The fourth-order valence-electron chi connectivity index (χ4n) is 3.79. The molecule has 0 aliphatic heterocycles. The van der Waals surface area contributed by atoms with E-state index in [9.17, 15) is 23.5 Å². The standard InChI is InChI=1S/C30H24F2O4/c1-19-4-6-20(7-5-19)21-8-10-23(11-9-21)30(35)36-24-14-12-22(13-15-24)25-16-17-26(29(34)28(25)32)27(33)3-2-18-31/h4-17,34H,2-3,18H2,1H3. The highest BCUT2D eigenvalue weighted by molar-refractivity contribution is 5.99. The number of hydrogen-bond acceptors (Lipinski definition) is 4. The monoisotopic (exact) mass is 486 g/mol. The van der Waals surface area contributed by atoms with Gasteiger partial charge >= 0.3 is 5.97 Å². The van der Waals surface area contributed by atoms with Crippen LogP contribution in [0.1, 0.15) is 39.1 Å². The molecule has 4 aromatic rings. The maximum atomic E-state index is 14.8. The first-order valence-corrected chi connectivity index (χ1v) is 11.5. The van der Waals surface area contributed by atoms with Gasteiger partial charge in [0, 0.05) is 12.0 Å². The Morgan fingerprint density at radius 2 is 1.39 bits per heavy atom. The van der Waals surface area contributed by atoms with Gasteiger partial charge in [-0.05, 0) is 60.4 Å². The summed E-state index contributed by atoms with van der Waals surface area (Å²) in [7, 11) is 0. The van der Waals surface area contributed by atoms with Gasteiger partial charge in [-0.15, -0.1) is 0 Å². The van der Waals surface area contributed by atoms with Crippen molar-refractivity contribution >= 4 is 11.8 Å². The van der Waals surface area contributed by atoms with Crippen molar-refractivity contribution in [1.82, 2.24) is 0 Å². The van der Waals surface area contributed by atoms with E-state index in [4.69, 9.17) is 4.74 Å². The number of phenolic OH excluding ortho intramolecular Hbond substituents is 1. The third-order valence-electron chi connectivity index (χ3n) is 5.84. The fourth-order valence-corrected chi connectivity index (χ4v) is 3.79. The molecule has 4 aromatic carbocycles. The zero-order valence-electron chi connectivity index (χ0n) is 19.6. The molecule has 1 N–H and O–H groups in total. The molecule has 4 rings (SSSR count). The van der Waals surface area contributed by atoms with Gasteiger partial charge in [0.1, 0.15) is 5.75 Å². The molecule has 0 saturated heterocycles. The van der Waals surface area contributed by atoms with E-state index in [1.54, 1.807) is 24.3 Å². The van der Waals surface area contributed by atoms with Crippen LogP contribution in [0.5, 0.6) is 11.5 Å². The number of benzene rings is 4. The van der Waals surface area contributed by atoms with Crippen LogP contribution in [0.2, 0.25) is 0 Å². The van der Waals surface area contributed by atoms with E-state index >= 15 is 0 Å². The van der Waals surface area contributed by atoms with Crippen molar-refractivity contribution in [3.63, 3.8) is 0 Å². The van der Waals surface area contributed by atoms with E-state index < -0.39 is 30.0 Å². The largest absolute Gasteiger partial charge is 0.504 e. The topological polar surface area (TPSA) is 63.6 Å². The molecule has 182 valence electrons. The van der Waals surface area contributed by atoms with Gasteiger partial charge in [-0.1, -0.05) is 60.2 Å². The molecule has 0 spiro atoms. The Labute approximate surface area is 207 Å². The number of carbonyl (C=O) groups excluding carboxylic acids is 2. The fraction of sp³-hybridized carbons (Fsp3) is 0.133. The Kier molecular flexibility index (Phi) is 7.54. The predicted octanol–water partition coefficient (Wildman–Crippen LogP) is 7.33. The van der Waals surface area contributed by atoms with Crippen molar-refractivity contribution in [1.29, 1.82) is 0 Å². The Hall–Kier alpha value is -4.32. The van der Waals surface area contributed by atoms with Gasteiger partial charge in [-0.3, -0.25) is 9.18 Å². The average Bonchev–Trinajstić information content (AvgIpc) is 2.90. The molecular formula is C30H24F2O4. The molecule has 0 aliphatic carbocycles. The van der Waals surface area contributed by atoms with Crippen molar-refractivity contribution in [3.05, 3.63) is 107 Å². The summed E-state index contributed by atoms with van der Waals surface area (Å²) in [5, 5.41) is 10.2. The first-order valence-electron chi connectivity index (χ1n) is 11.5. The highest BCUT2D eigenvalue weighted by Gasteiger charge is 2.19. The number of aromatic hydroxyl groups is 1. The lowest BCUT2D eigenvalue weighted by atomic mass is 9.99. The molecular weight excluding hydrogens is 462 g/mol. The molecule has 0 heterocycles. The van der Waals surface area contributed by atoms with Crippen LogP contribution in [0.3, 0.4) is 0 Å². The average molecular weight is 487 g/mol. The molecule has 36 heavy (non-hydrogen) atoms. The molecule has 0 amide bonds. The van der Waals surface area contributed by atoms with Gasteiger partial charge in [-0.2, -0.15) is 0 Å². The number of rotatable bonds is 8. The number of esters is 1. The maximum absolute atomic E-state index is 14.8.